The summed E-state index contributed by atoms with van der Waals surface area (Å²) in [4.78, 5) is 39.7. The Hall–Kier alpha value is -1.38. The first-order valence-corrected chi connectivity index (χ1v) is 8.36. The molecule has 0 aromatic carbocycles. The Kier molecular flexibility index (Phi) is 7.92. The van der Waals surface area contributed by atoms with E-state index in [-0.39, 0.29) is 30.8 Å². The highest BCUT2D eigenvalue weighted by Crippen LogP contribution is 2.24. The van der Waals surface area contributed by atoms with Gasteiger partial charge in [-0.3, -0.25) is 19.4 Å². The van der Waals surface area contributed by atoms with Crippen molar-refractivity contribution >= 4 is 30.3 Å². The van der Waals surface area contributed by atoms with Gasteiger partial charge in [-0.2, -0.15) is 0 Å². The van der Waals surface area contributed by atoms with Crippen LogP contribution in [0.5, 0.6) is 0 Å². The number of hydrogen-bond acceptors (Lipinski definition) is 5. The highest BCUT2D eigenvalue weighted by molar-refractivity contribution is 6.08. The summed E-state index contributed by atoms with van der Waals surface area (Å²) in [5, 5.41) is 8.78. The van der Waals surface area contributed by atoms with Crippen LogP contribution >= 0.6 is 12.4 Å². The Balaban J connectivity index is 0.00000288. The van der Waals surface area contributed by atoms with Crippen LogP contribution in [0.2, 0.25) is 0 Å². The number of imide groups is 1. The first kappa shape index (κ1) is 20.7. The summed E-state index contributed by atoms with van der Waals surface area (Å²) >= 11 is 0. The van der Waals surface area contributed by atoms with Crippen molar-refractivity contribution in [2.24, 2.45) is 0 Å². The molecule has 2 heterocycles. The molecule has 9 heteroatoms. The number of nitrogens with one attached hydrogen (secondary N) is 3. The molecular weight excluding hydrogens is 334 g/mol. The van der Waals surface area contributed by atoms with Crippen LogP contribution in [0.25, 0.3) is 0 Å². The third-order valence-electron chi connectivity index (χ3n) is 4.71. The third-order valence-corrected chi connectivity index (χ3v) is 4.71. The second kappa shape index (κ2) is 9.19. The normalized spacial score (nSPS) is 20.5. The highest BCUT2D eigenvalue weighted by atomic mass is 35.5. The maximum Gasteiger partial charge on any atom is 0.325 e. The molecule has 0 aromatic heterocycles. The number of halogens is 1. The molecule has 0 unspecified atom stereocenters. The Bertz CT molecular complexity index is 464. The van der Waals surface area contributed by atoms with Crippen LogP contribution in [0.1, 0.15) is 26.7 Å². The number of amides is 4. The molecule has 2 rings (SSSR count). The largest absolute Gasteiger partial charge is 0.353 e. The summed E-state index contributed by atoms with van der Waals surface area (Å²) in [5.74, 6) is -0.601. The first-order valence-electron chi connectivity index (χ1n) is 8.36. The Morgan fingerprint density at radius 3 is 2.38 bits per heavy atom. The van der Waals surface area contributed by atoms with E-state index in [1.807, 2.05) is 13.8 Å². The Labute approximate surface area is 149 Å². The smallest absolute Gasteiger partial charge is 0.325 e. The lowest BCUT2D eigenvalue weighted by atomic mass is 9.93. The molecule has 0 radical (unpaired) electrons. The highest BCUT2D eigenvalue weighted by Gasteiger charge is 2.49. The van der Waals surface area contributed by atoms with Crippen molar-refractivity contribution in [3.63, 3.8) is 0 Å². The van der Waals surface area contributed by atoms with E-state index < -0.39 is 11.6 Å². The van der Waals surface area contributed by atoms with E-state index in [0.717, 1.165) is 37.6 Å². The second-order valence-corrected chi connectivity index (χ2v) is 6.05. The SMILES string of the molecule is CCC1(CC)NC(=O)N(CC(=O)NCCN2CCNCC2)C1=O.Cl. The van der Waals surface area contributed by atoms with Crippen LogP contribution in [-0.2, 0) is 9.59 Å². The van der Waals surface area contributed by atoms with Crippen LogP contribution in [0.15, 0.2) is 0 Å². The van der Waals surface area contributed by atoms with Crippen LogP contribution in [0.4, 0.5) is 4.79 Å². The number of carbonyl (C=O) groups excluding carboxylic acids is 3. The number of urea groups is 1. The standard InChI is InChI=1S/C15H27N5O3.ClH/c1-3-15(4-2)13(22)20(14(23)18-15)11-12(21)17-7-10-19-8-5-16-6-9-19;/h16H,3-11H2,1-2H3,(H,17,21)(H,18,23);1H. The van der Waals surface area contributed by atoms with Crippen LogP contribution in [0, 0.1) is 0 Å². The zero-order valence-electron chi connectivity index (χ0n) is 14.4. The first-order chi connectivity index (χ1) is 11.0. The van der Waals surface area contributed by atoms with Crippen molar-refractivity contribution in [2.75, 3.05) is 45.8 Å². The van der Waals surface area contributed by atoms with E-state index in [4.69, 9.17) is 0 Å². The number of piperazine rings is 1. The molecule has 0 aromatic rings. The Morgan fingerprint density at radius 2 is 1.83 bits per heavy atom. The molecule has 0 spiro atoms. The van der Waals surface area contributed by atoms with E-state index in [0.29, 0.717) is 19.4 Å². The lowest BCUT2D eigenvalue weighted by Crippen LogP contribution is -2.48. The lowest BCUT2D eigenvalue weighted by molar-refractivity contribution is -0.135. The molecule has 4 amide bonds. The van der Waals surface area contributed by atoms with Gasteiger partial charge in [-0.15, -0.1) is 12.4 Å². The summed E-state index contributed by atoms with van der Waals surface area (Å²) in [6, 6.07) is -0.476. The maximum absolute atomic E-state index is 12.4. The van der Waals surface area contributed by atoms with Gasteiger partial charge in [0, 0.05) is 39.3 Å². The minimum atomic E-state index is -0.849. The van der Waals surface area contributed by atoms with E-state index in [1.165, 1.54) is 0 Å². The van der Waals surface area contributed by atoms with Crippen molar-refractivity contribution in [3.8, 4) is 0 Å². The summed E-state index contributed by atoms with van der Waals surface area (Å²) in [5.41, 5.74) is -0.849. The van der Waals surface area contributed by atoms with E-state index in [9.17, 15) is 14.4 Å². The van der Waals surface area contributed by atoms with Crippen LogP contribution in [0.3, 0.4) is 0 Å². The van der Waals surface area contributed by atoms with E-state index >= 15 is 0 Å². The predicted octanol–water partition coefficient (Wildman–Crippen LogP) is -0.460. The fourth-order valence-electron chi connectivity index (χ4n) is 3.04. The molecule has 3 N–H and O–H groups in total. The molecule has 8 nitrogen and oxygen atoms in total. The second-order valence-electron chi connectivity index (χ2n) is 6.05. The van der Waals surface area contributed by atoms with E-state index in [1.54, 1.807) is 0 Å². The van der Waals surface area contributed by atoms with Gasteiger partial charge in [-0.25, -0.2) is 4.79 Å². The minimum Gasteiger partial charge on any atom is -0.353 e. The fourth-order valence-corrected chi connectivity index (χ4v) is 3.04. The topological polar surface area (TPSA) is 93.8 Å². The monoisotopic (exact) mass is 361 g/mol. The molecule has 24 heavy (non-hydrogen) atoms. The van der Waals surface area contributed by atoms with Gasteiger partial charge >= 0.3 is 6.03 Å². The molecule has 2 fully saturated rings. The Morgan fingerprint density at radius 1 is 1.21 bits per heavy atom. The number of nitrogens with zero attached hydrogens (tertiary/aromatic N) is 2. The summed E-state index contributed by atoms with van der Waals surface area (Å²) in [6.07, 6.45) is 1.05. The molecule has 2 aliphatic rings. The minimum absolute atomic E-state index is 0. The summed E-state index contributed by atoms with van der Waals surface area (Å²) in [7, 11) is 0. The molecule has 2 aliphatic heterocycles. The van der Waals surface area contributed by atoms with Crippen LogP contribution in [-0.4, -0.2) is 79.0 Å². The zero-order valence-corrected chi connectivity index (χ0v) is 15.2. The van der Waals surface area contributed by atoms with Crippen LogP contribution < -0.4 is 16.0 Å². The molecule has 0 atom stereocenters. The van der Waals surface area contributed by atoms with Gasteiger partial charge in [-0.1, -0.05) is 13.8 Å². The fraction of sp³-hybridized carbons (Fsp3) is 0.800. The van der Waals surface area contributed by atoms with Gasteiger partial charge in [0.15, 0.2) is 0 Å². The van der Waals surface area contributed by atoms with Crippen molar-refractivity contribution in [3.05, 3.63) is 0 Å². The van der Waals surface area contributed by atoms with Crippen molar-refractivity contribution < 1.29 is 14.4 Å². The van der Waals surface area contributed by atoms with E-state index in [2.05, 4.69) is 20.9 Å². The van der Waals surface area contributed by atoms with Gasteiger partial charge in [0.2, 0.25) is 5.91 Å². The molecule has 0 saturated carbocycles. The number of rotatable bonds is 7. The third kappa shape index (κ3) is 4.58. The van der Waals surface area contributed by atoms with Crippen molar-refractivity contribution in [1.29, 1.82) is 0 Å². The van der Waals surface area contributed by atoms with Gasteiger partial charge in [0.25, 0.3) is 5.91 Å². The molecule has 0 aliphatic carbocycles. The van der Waals surface area contributed by atoms with Crippen molar-refractivity contribution in [1.82, 2.24) is 25.8 Å². The predicted molar refractivity (Wildman–Crippen MR) is 93.1 cm³/mol. The number of carbonyl (C=O) groups is 3. The molecule has 0 bridgehead atoms. The average molecular weight is 362 g/mol. The van der Waals surface area contributed by atoms with Gasteiger partial charge in [0.05, 0.1) is 0 Å². The average Bonchev–Trinajstić information content (AvgIpc) is 2.80. The maximum atomic E-state index is 12.4. The van der Waals surface area contributed by atoms with Gasteiger partial charge < -0.3 is 16.0 Å². The quantitative estimate of drug-likeness (QED) is 0.533. The summed E-state index contributed by atoms with van der Waals surface area (Å²) in [6.45, 7) is 8.68. The zero-order chi connectivity index (χ0) is 16.9. The molecule has 138 valence electrons. The lowest BCUT2D eigenvalue weighted by Gasteiger charge is -2.27. The molecule has 2 saturated heterocycles. The molecular formula is C15H28ClN5O3. The van der Waals surface area contributed by atoms with Gasteiger partial charge in [0.1, 0.15) is 12.1 Å². The summed E-state index contributed by atoms with van der Waals surface area (Å²) < 4.78 is 0. The van der Waals surface area contributed by atoms with Gasteiger partial charge in [-0.05, 0) is 12.8 Å². The number of hydrogen-bond donors (Lipinski definition) is 3. The van der Waals surface area contributed by atoms with Crippen molar-refractivity contribution in [2.45, 2.75) is 32.2 Å².